The number of rotatable bonds is 6. The van der Waals surface area contributed by atoms with Crippen LogP contribution in [0.5, 0.6) is 0 Å². The molecule has 4 rings (SSSR count). The van der Waals surface area contributed by atoms with Crippen molar-refractivity contribution in [1.82, 2.24) is 15.1 Å². The average molecular weight is 378 g/mol. The fourth-order valence-electron chi connectivity index (χ4n) is 4.71. The molecule has 1 saturated heterocycles. The first kappa shape index (κ1) is 19.2. The zero-order valence-corrected chi connectivity index (χ0v) is 16.6. The first-order chi connectivity index (χ1) is 13.8. The molecule has 0 unspecified atom stereocenters. The summed E-state index contributed by atoms with van der Waals surface area (Å²) in [5.74, 6) is 0.183. The molecule has 4 heteroatoms. The van der Waals surface area contributed by atoms with Gasteiger partial charge in [0.2, 0.25) is 5.91 Å². The van der Waals surface area contributed by atoms with Crippen molar-refractivity contribution in [3.05, 3.63) is 71.8 Å². The first-order valence-electron chi connectivity index (χ1n) is 10.6. The summed E-state index contributed by atoms with van der Waals surface area (Å²) in [4.78, 5) is 16.8. The number of piperazine rings is 1. The molecule has 0 radical (unpaired) electrons. The summed E-state index contributed by atoms with van der Waals surface area (Å²) in [6.07, 6.45) is 4.81. The molecular formula is C24H31N3O. The third kappa shape index (κ3) is 5.00. The second-order valence-electron chi connectivity index (χ2n) is 8.16. The van der Waals surface area contributed by atoms with Gasteiger partial charge in [0.05, 0.1) is 6.54 Å². The van der Waals surface area contributed by atoms with E-state index in [4.69, 9.17) is 0 Å². The number of nitrogens with one attached hydrogen (secondary N) is 1. The molecule has 1 amide bonds. The molecule has 1 aliphatic carbocycles. The molecule has 0 atom stereocenters. The Hall–Kier alpha value is -2.17. The molecule has 2 aliphatic rings. The van der Waals surface area contributed by atoms with Crippen molar-refractivity contribution in [2.45, 2.75) is 50.9 Å². The predicted octanol–water partition coefficient (Wildman–Crippen LogP) is 3.43. The molecule has 148 valence electrons. The molecular weight excluding hydrogens is 346 g/mol. The van der Waals surface area contributed by atoms with Crippen molar-refractivity contribution >= 4 is 5.91 Å². The molecule has 4 nitrogen and oxygen atoms in total. The Balaban J connectivity index is 1.41. The maximum atomic E-state index is 11.7. The van der Waals surface area contributed by atoms with E-state index in [9.17, 15) is 4.79 Å². The zero-order valence-electron chi connectivity index (χ0n) is 16.6. The fraction of sp³-hybridized carbons (Fsp3) is 0.458. The second kappa shape index (κ2) is 9.35. The van der Waals surface area contributed by atoms with Crippen molar-refractivity contribution in [1.29, 1.82) is 0 Å². The van der Waals surface area contributed by atoms with Crippen molar-refractivity contribution in [2.24, 2.45) is 0 Å². The van der Waals surface area contributed by atoms with Gasteiger partial charge >= 0.3 is 0 Å². The van der Waals surface area contributed by atoms with Crippen LogP contribution in [0.25, 0.3) is 0 Å². The minimum Gasteiger partial charge on any atom is -0.354 e. The van der Waals surface area contributed by atoms with E-state index in [1.54, 1.807) is 0 Å². The molecule has 2 aromatic carbocycles. The molecule has 2 fully saturated rings. The van der Waals surface area contributed by atoms with E-state index >= 15 is 0 Å². The summed E-state index contributed by atoms with van der Waals surface area (Å²) < 4.78 is 0. The first-order valence-corrected chi connectivity index (χ1v) is 10.6. The highest BCUT2D eigenvalue weighted by Gasteiger charge is 2.31. The quantitative estimate of drug-likeness (QED) is 0.838. The Labute approximate surface area is 168 Å². The lowest BCUT2D eigenvalue weighted by Gasteiger charge is -2.41. The summed E-state index contributed by atoms with van der Waals surface area (Å²) in [7, 11) is 0. The number of hydrogen-bond acceptors (Lipinski definition) is 3. The maximum absolute atomic E-state index is 11.7. The monoisotopic (exact) mass is 377 g/mol. The Morgan fingerprint density at radius 2 is 1.43 bits per heavy atom. The summed E-state index contributed by atoms with van der Waals surface area (Å²) in [5, 5.41) is 2.94. The maximum Gasteiger partial charge on any atom is 0.234 e. The van der Waals surface area contributed by atoms with Gasteiger partial charge in [-0.05, 0) is 36.8 Å². The summed E-state index contributed by atoms with van der Waals surface area (Å²) in [5.41, 5.74) is 2.77. The van der Waals surface area contributed by atoms with Crippen molar-refractivity contribution in [3.8, 4) is 0 Å². The van der Waals surface area contributed by atoms with Crippen LogP contribution in [0, 0.1) is 0 Å². The van der Waals surface area contributed by atoms with Crippen LogP contribution in [-0.4, -0.2) is 47.4 Å². The fourth-order valence-corrected chi connectivity index (χ4v) is 4.71. The van der Waals surface area contributed by atoms with Gasteiger partial charge in [-0.1, -0.05) is 60.7 Å². The van der Waals surface area contributed by atoms with Gasteiger partial charge in [0.25, 0.3) is 0 Å². The molecule has 2 aromatic rings. The molecule has 1 saturated carbocycles. The number of benzene rings is 2. The number of carbonyl (C=O) groups is 1. The van der Waals surface area contributed by atoms with Crippen LogP contribution >= 0.6 is 0 Å². The highest BCUT2D eigenvalue weighted by molar-refractivity contribution is 5.78. The Morgan fingerprint density at radius 3 is 1.96 bits per heavy atom. The molecule has 1 N–H and O–H groups in total. The molecule has 1 aliphatic heterocycles. The normalized spacial score (nSPS) is 23.5. The summed E-state index contributed by atoms with van der Waals surface area (Å²) in [6, 6.07) is 22.8. The second-order valence-corrected chi connectivity index (χ2v) is 8.16. The molecule has 28 heavy (non-hydrogen) atoms. The smallest absolute Gasteiger partial charge is 0.234 e. The van der Waals surface area contributed by atoms with E-state index in [1.807, 2.05) is 0 Å². The molecule has 1 heterocycles. The largest absolute Gasteiger partial charge is 0.354 e. The van der Waals surface area contributed by atoms with Crippen molar-refractivity contribution < 1.29 is 4.79 Å². The Kier molecular flexibility index (Phi) is 6.40. The van der Waals surface area contributed by atoms with E-state index in [-0.39, 0.29) is 5.91 Å². The molecule has 0 bridgehead atoms. The number of amides is 1. The van der Waals surface area contributed by atoms with E-state index in [0.29, 0.717) is 18.6 Å². The van der Waals surface area contributed by atoms with Gasteiger partial charge in [0.1, 0.15) is 0 Å². The lowest BCUT2D eigenvalue weighted by Crippen LogP contribution is -2.53. The number of hydrogen-bond donors (Lipinski definition) is 1. The van der Waals surface area contributed by atoms with Gasteiger partial charge < -0.3 is 5.32 Å². The SMILES string of the molecule is O=C1CN(C2CCC(N(Cc3ccccc3)Cc3ccccc3)CC2)CCN1. The van der Waals surface area contributed by atoms with Crippen molar-refractivity contribution in [2.75, 3.05) is 19.6 Å². The molecule has 0 aromatic heterocycles. The van der Waals surface area contributed by atoms with Crippen LogP contribution in [0.15, 0.2) is 60.7 Å². The van der Waals surface area contributed by atoms with E-state index < -0.39 is 0 Å². The van der Waals surface area contributed by atoms with Gasteiger partial charge in [0, 0.05) is 38.3 Å². The van der Waals surface area contributed by atoms with E-state index in [2.05, 4.69) is 75.8 Å². The van der Waals surface area contributed by atoms with Gasteiger partial charge in [-0.25, -0.2) is 0 Å². The number of nitrogens with zero attached hydrogens (tertiary/aromatic N) is 2. The van der Waals surface area contributed by atoms with Gasteiger partial charge in [-0.3, -0.25) is 14.6 Å². The van der Waals surface area contributed by atoms with E-state index in [0.717, 1.165) is 26.2 Å². The highest BCUT2D eigenvalue weighted by Crippen LogP contribution is 2.29. The van der Waals surface area contributed by atoms with Crippen LogP contribution < -0.4 is 5.32 Å². The third-order valence-electron chi connectivity index (χ3n) is 6.22. The van der Waals surface area contributed by atoms with E-state index in [1.165, 1.54) is 36.8 Å². The minimum atomic E-state index is 0.183. The third-order valence-corrected chi connectivity index (χ3v) is 6.22. The standard InChI is InChI=1S/C24H31N3O/c28-24-19-26(16-15-25-24)22-11-13-23(14-12-22)27(17-20-7-3-1-4-8-20)18-21-9-5-2-6-10-21/h1-10,22-23H,11-19H2,(H,25,28). The van der Waals surface area contributed by atoms with Crippen LogP contribution in [0.4, 0.5) is 0 Å². The van der Waals surface area contributed by atoms with Crippen molar-refractivity contribution in [3.63, 3.8) is 0 Å². The number of carbonyl (C=O) groups excluding carboxylic acids is 1. The summed E-state index contributed by atoms with van der Waals surface area (Å²) >= 11 is 0. The zero-order chi connectivity index (χ0) is 19.2. The van der Waals surface area contributed by atoms with Gasteiger partial charge in [-0.15, -0.1) is 0 Å². The lowest BCUT2D eigenvalue weighted by molar-refractivity contribution is -0.125. The van der Waals surface area contributed by atoms with Crippen LogP contribution in [0.1, 0.15) is 36.8 Å². The Bertz CT molecular complexity index is 699. The van der Waals surface area contributed by atoms with Crippen LogP contribution in [0.3, 0.4) is 0 Å². The lowest BCUT2D eigenvalue weighted by atomic mass is 9.88. The topological polar surface area (TPSA) is 35.6 Å². The highest BCUT2D eigenvalue weighted by atomic mass is 16.2. The average Bonchev–Trinajstić information content (AvgIpc) is 2.75. The van der Waals surface area contributed by atoms with Crippen LogP contribution in [-0.2, 0) is 17.9 Å². The molecule has 0 spiro atoms. The van der Waals surface area contributed by atoms with Crippen LogP contribution in [0.2, 0.25) is 0 Å². The minimum absolute atomic E-state index is 0.183. The van der Waals surface area contributed by atoms with Gasteiger partial charge in [0.15, 0.2) is 0 Å². The van der Waals surface area contributed by atoms with Gasteiger partial charge in [-0.2, -0.15) is 0 Å². The predicted molar refractivity (Wildman–Crippen MR) is 113 cm³/mol. The Morgan fingerprint density at radius 1 is 0.857 bits per heavy atom. The summed E-state index contributed by atoms with van der Waals surface area (Å²) in [6.45, 7) is 4.37.